The number of rotatable bonds is 32. The predicted molar refractivity (Wildman–Crippen MR) is 189 cm³/mol. The average Bonchev–Trinajstić information content (AvgIpc) is 3.05. The number of hydrogen-bond acceptors (Lipinski definition) is 7. The van der Waals surface area contributed by atoms with Gasteiger partial charge in [0.05, 0.1) is 13.2 Å². The first-order valence-electron chi connectivity index (χ1n) is 17.6. The summed E-state index contributed by atoms with van der Waals surface area (Å²) in [6.07, 6.45) is 29.7. The molecule has 0 N–H and O–H groups in total. The van der Waals surface area contributed by atoms with Crippen molar-refractivity contribution in [2.24, 2.45) is 0 Å². The van der Waals surface area contributed by atoms with E-state index in [9.17, 15) is 0 Å². The molecule has 0 aromatic carbocycles. The minimum absolute atomic E-state index is 0.0349. The first-order valence-corrected chi connectivity index (χ1v) is 19.9. The smallest absolute Gasteiger partial charge is 0.316 e. The van der Waals surface area contributed by atoms with Crippen molar-refractivity contribution in [3.63, 3.8) is 0 Å². The highest BCUT2D eigenvalue weighted by molar-refractivity contribution is 8.02. The number of hydrogen-bond donors (Lipinski definition) is 0. The summed E-state index contributed by atoms with van der Waals surface area (Å²) in [4.78, 5) is 8.49. The quantitative estimate of drug-likeness (QED) is 0.0580. The SMILES string of the molecule is CCCCCCCCCCCCCCCCCCOCC(CSCCSCCOCC[n+]1ccccc1)Oc1ncccn1. The first kappa shape index (κ1) is 38.8. The minimum Gasteiger partial charge on any atom is -0.457 e. The van der Waals surface area contributed by atoms with Crippen LogP contribution in [0.2, 0.25) is 0 Å². The Kier molecular flexibility index (Phi) is 26.8. The molecule has 2 aromatic heterocycles. The number of nitrogens with zero attached hydrogens (tertiary/aromatic N) is 3. The molecule has 0 saturated carbocycles. The summed E-state index contributed by atoms with van der Waals surface area (Å²) >= 11 is 3.86. The Morgan fingerprint density at radius 1 is 0.614 bits per heavy atom. The van der Waals surface area contributed by atoms with Gasteiger partial charge in [0.15, 0.2) is 18.9 Å². The molecule has 0 fully saturated rings. The van der Waals surface area contributed by atoms with Gasteiger partial charge in [-0.2, -0.15) is 23.5 Å². The van der Waals surface area contributed by atoms with Crippen LogP contribution < -0.4 is 9.30 Å². The lowest BCUT2D eigenvalue weighted by molar-refractivity contribution is -0.698. The van der Waals surface area contributed by atoms with E-state index in [1.54, 1.807) is 12.4 Å². The lowest BCUT2D eigenvalue weighted by atomic mass is 10.0. The fourth-order valence-corrected chi connectivity index (χ4v) is 6.96. The standard InChI is InChI=1S/C36H62N3O3S2/c1-2-3-4-5-6-7-8-9-10-11-12-13-14-15-16-20-27-41-33-35(42-36-37-22-21-23-38-36)34-44-32-31-43-30-29-40-28-26-39-24-18-17-19-25-39/h17-19,21-25,35H,2-16,20,26-34H2,1H3/q+1. The third-order valence-corrected chi connectivity index (χ3v) is 9.89. The van der Waals surface area contributed by atoms with E-state index in [0.29, 0.717) is 12.6 Å². The monoisotopic (exact) mass is 648 g/mol. The average molecular weight is 649 g/mol. The van der Waals surface area contributed by atoms with Gasteiger partial charge in [-0.3, -0.25) is 0 Å². The Bertz CT molecular complexity index is 851. The second kappa shape index (κ2) is 30.3. The lowest BCUT2D eigenvalue weighted by Gasteiger charge is -2.17. The maximum atomic E-state index is 6.06. The molecule has 0 spiro atoms. The summed E-state index contributed by atoms with van der Waals surface area (Å²) in [5.41, 5.74) is 0. The molecule has 0 radical (unpaired) electrons. The van der Waals surface area contributed by atoms with E-state index < -0.39 is 0 Å². The van der Waals surface area contributed by atoms with Gasteiger partial charge in [-0.1, -0.05) is 109 Å². The van der Waals surface area contributed by atoms with Gasteiger partial charge in [-0.05, 0) is 12.5 Å². The summed E-state index contributed by atoms with van der Waals surface area (Å²) < 4.78 is 20.0. The minimum atomic E-state index is -0.0349. The molecule has 2 aromatic rings. The van der Waals surface area contributed by atoms with Crippen LogP contribution in [0.4, 0.5) is 0 Å². The van der Waals surface area contributed by atoms with E-state index in [1.807, 2.05) is 47.8 Å². The molecule has 44 heavy (non-hydrogen) atoms. The Morgan fingerprint density at radius 2 is 1.20 bits per heavy atom. The third-order valence-electron chi connectivity index (χ3n) is 7.58. The van der Waals surface area contributed by atoms with Crippen LogP contribution in [0.3, 0.4) is 0 Å². The zero-order valence-corrected chi connectivity index (χ0v) is 29.4. The van der Waals surface area contributed by atoms with E-state index in [-0.39, 0.29) is 6.10 Å². The van der Waals surface area contributed by atoms with Gasteiger partial charge in [-0.25, -0.2) is 14.5 Å². The van der Waals surface area contributed by atoms with Gasteiger partial charge in [0.1, 0.15) is 12.7 Å². The highest BCUT2D eigenvalue weighted by Gasteiger charge is 2.13. The van der Waals surface area contributed by atoms with Crippen molar-refractivity contribution in [1.29, 1.82) is 0 Å². The van der Waals surface area contributed by atoms with Crippen molar-refractivity contribution in [2.45, 2.75) is 122 Å². The van der Waals surface area contributed by atoms with Crippen LogP contribution in [0.25, 0.3) is 0 Å². The van der Waals surface area contributed by atoms with Crippen molar-refractivity contribution in [3.8, 4) is 6.01 Å². The van der Waals surface area contributed by atoms with Crippen LogP contribution in [0.15, 0.2) is 49.1 Å². The Labute approximate surface area is 278 Å². The molecule has 6 nitrogen and oxygen atoms in total. The molecule has 0 aliphatic rings. The number of unbranched alkanes of at least 4 members (excludes halogenated alkanes) is 15. The molecule has 0 amide bonds. The van der Waals surface area contributed by atoms with Crippen molar-refractivity contribution < 1.29 is 18.8 Å². The molecule has 1 unspecified atom stereocenters. The zero-order valence-electron chi connectivity index (χ0n) is 27.8. The van der Waals surface area contributed by atoms with Gasteiger partial charge in [0.2, 0.25) is 0 Å². The predicted octanol–water partition coefficient (Wildman–Crippen LogP) is 8.97. The first-order chi connectivity index (χ1) is 21.9. The largest absolute Gasteiger partial charge is 0.457 e. The van der Waals surface area contributed by atoms with Gasteiger partial charge in [-0.15, -0.1) is 0 Å². The van der Waals surface area contributed by atoms with E-state index in [0.717, 1.165) is 55.8 Å². The van der Waals surface area contributed by atoms with Crippen molar-refractivity contribution in [1.82, 2.24) is 9.97 Å². The highest BCUT2D eigenvalue weighted by Crippen LogP contribution is 2.15. The Hall–Kier alpha value is -1.35. The number of aromatic nitrogens is 3. The van der Waals surface area contributed by atoms with Crippen LogP contribution in [0.5, 0.6) is 6.01 Å². The second-order valence-corrected chi connectivity index (χ2v) is 13.9. The molecule has 0 bridgehead atoms. The third kappa shape index (κ3) is 24.0. The normalized spacial score (nSPS) is 12.0. The molecular formula is C36H62N3O3S2+. The van der Waals surface area contributed by atoms with Gasteiger partial charge >= 0.3 is 6.01 Å². The topological polar surface area (TPSA) is 57.4 Å². The molecule has 2 heterocycles. The fourth-order valence-electron chi connectivity index (χ4n) is 4.99. The van der Waals surface area contributed by atoms with Crippen molar-refractivity contribution >= 4 is 23.5 Å². The summed E-state index contributed by atoms with van der Waals surface area (Å²) in [7, 11) is 0. The molecule has 0 aliphatic heterocycles. The Morgan fingerprint density at radius 3 is 1.84 bits per heavy atom. The molecule has 1 atom stereocenters. The highest BCUT2D eigenvalue weighted by atomic mass is 32.2. The molecule has 0 saturated heterocycles. The zero-order chi connectivity index (χ0) is 31.0. The van der Waals surface area contributed by atoms with E-state index in [2.05, 4.69) is 33.9 Å². The Balaban J connectivity index is 1.40. The summed E-state index contributed by atoms with van der Waals surface area (Å²) in [5.74, 6) is 4.10. The van der Waals surface area contributed by atoms with E-state index in [4.69, 9.17) is 14.2 Å². The summed E-state index contributed by atoms with van der Waals surface area (Å²) in [5, 5.41) is 0. The van der Waals surface area contributed by atoms with Crippen molar-refractivity contribution in [3.05, 3.63) is 49.1 Å². The number of thioether (sulfide) groups is 2. The maximum absolute atomic E-state index is 6.06. The lowest BCUT2D eigenvalue weighted by Crippen LogP contribution is -2.34. The van der Waals surface area contributed by atoms with Crippen LogP contribution >= 0.6 is 23.5 Å². The molecule has 0 aliphatic carbocycles. The second-order valence-electron chi connectivity index (χ2n) is 11.6. The maximum Gasteiger partial charge on any atom is 0.316 e. The van der Waals surface area contributed by atoms with Crippen LogP contribution in [0, 0.1) is 0 Å². The van der Waals surface area contributed by atoms with Gasteiger partial charge < -0.3 is 14.2 Å². The van der Waals surface area contributed by atoms with Crippen molar-refractivity contribution in [2.75, 3.05) is 49.4 Å². The number of ether oxygens (including phenoxy) is 3. The van der Waals surface area contributed by atoms with Crippen LogP contribution in [-0.4, -0.2) is 65.5 Å². The number of pyridine rings is 1. The van der Waals surface area contributed by atoms with Gasteiger partial charge in [0, 0.05) is 54.1 Å². The summed E-state index contributed by atoms with van der Waals surface area (Å²) in [6.45, 7) is 6.13. The fraction of sp³-hybridized carbons (Fsp3) is 0.750. The van der Waals surface area contributed by atoms with Crippen LogP contribution in [0.1, 0.15) is 110 Å². The van der Waals surface area contributed by atoms with E-state index in [1.165, 1.54) is 96.3 Å². The molecule has 2 rings (SSSR count). The van der Waals surface area contributed by atoms with E-state index >= 15 is 0 Å². The van der Waals surface area contributed by atoms with Crippen LogP contribution in [-0.2, 0) is 16.0 Å². The molecular weight excluding hydrogens is 587 g/mol. The van der Waals surface area contributed by atoms with Gasteiger partial charge in [0.25, 0.3) is 0 Å². The summed E-state index contributed by atoms with van der Waals surface area (Å²) in [6, 6.07) is 8.37. The molecule has 250 valence electrons. The molecule has 8 heteroatoms.